The van der Waals surface area contributed by atoms with Crippen molar-refractivity contribution in [2.24, 2.45) is 11.8 Å². The van der Waals surface area contributed by atoms with Gasteiger partial charge in [-0.15, -0.1) is 6.58 Å². The Morgan fingerprint density at radius 3 is 3.00 bits per heavy atom. The number of allylic oxidation sites excluding steroid dienone is 1. The minimum Gasteiger partial charge on any atom is -0.241 e. The molecule has 0 aromatic heterocycles. The maximum absolute atomic E-state index is 4.29. The van der Waals surface area contributed by atoms with Gasteiger partial charge in [0, 0.05) is 13.1 Å². The third kappa shape index (κ3) is 1.55. The lowest BCUT2D eigenvalue weighted by Gasteiger charge is -2.11. The standard InChI is InChI=1S/C8H14N/c1-3-7(2)8-4-5-9-6-8/h3,7-8H,1,4-6H2,2H3. The van der Waals surface area contributed by atoms with E-state index in [0.29, 0.717) is 5.92 Å². The molecule has 2 unspecified atom stereocenters. The molecule has 2 atom stereocenters. The topological polar surface area (TPSA) is 14.1 Å². The third-order valence-electron chi connectivity index (χ3n) is 2.14. The first-order chi connectivity index (χ1) is 4.34. The highest BCUT2D eigenvalue weighted by Gasteiger charge is 2.19. The van der Waals surface area contributed by atoms with Crippen molar-refractivity contribution >= 4 is 0 Å². The normalized spacial score (nSPS) is 30.1. The molecular weight excluding hydrogens is 110 g/mol. The van der Waals surface area contributed by atoms with Crippen LogP contribution in [-0.4, -0.2) is 13.1 Å². The average molecular weight is 124 g/mol. The summed E-state index contributed by atoms with van der Waals surface area (Å²) in [6, 6.07) is 0. The van der Waals surface area contributed by atoms with E-state index in [1.807, 2.05) is 6.08 Å². The van der Waals surface area contributed by atoms with Crippen molar-refractivity contribution in [1.82, 2.24) is 5.32 Å². The van der Waals surface area contributed by atoms with E-state index in [1.165, 1.54) is 6.42 Å². The van der Waals surface area contributed by atoms with Crippen LogP contribution in [0.4, 0.5) is 0 Å². The van der Waals surface area contributed by atoms with Crippen LogP contribution < -0.4 is 5.32 Å². The zero-order valence-electron chi connectivity index (χ0n) is 6.01. The fraction of sp³-hybridized carbons (Fsp3) is 0.750. The molecule has 1 fully saturated rings. The molecule has 0 bridgehead atoms. The Morgan fingerprint density at radius 1 is 1.78 bits per heavy atom. The van der Waals surface area contributed by atoms with Crippen LogP contribution in [0.3, 0.4) is 0 Å². The number of rotatable bonds is 2. The summed E-state index contributed by atoms with van der Waals surface area (Å²) in [5, 5.41) is 4.29. The Bertz CT molecular complexity index is 92.7. The summed E-state index contributed by atoms with van der Waals surface area (Å²) in [6.45, 7) is 8.12. The number of hydrogen-bond donors (Lipinski definition) is 0. The van der Waals surface area contributed by atoms with E-state index in [1.54, 1.807) is 0 Å². The van der Waals surface area contributed by atoms with Gasteiger partial charge in [0.25, 0.3) is 0 Å². The van der Waals surface area contributed by atoms with Gasteiger partial charge in [-0.3, -0.25) is 0 Å². The molecule has 1 heterocycles. The van der Waals surface area contributed by atoms with E-state index in [2.05, 4.69) is 18.8 Å². The van der Waals surface area contributed by atoms with Crippen LogP contribution >= 0.6 is 0 Å². The van der Waals surface area contributed by atoms with E-state index < -0.39 is 0 Å². The largest absolute Gasteiger partial charge is 0.241 e. The maximum atomic E-state index is 4.29. The summed E-state index contributed by atoms with van der Waals surface area (Å²) in [4.78, 5) is 0. The van der Waals surface area contributed by atoms with Crippen molar-refractivity contribution in [2.75, 3.05) is 13.1 Å². The van der Waals surface area contributed by atoms with Gasteiger partial charge < -0.3 is 0 Å². The number of hydrogen-bond acceptors (Lipinski definition) is 0. The number of nitrogens with zero attached hydrogens (tertiary/aromatic N) is 1. The average Bonchev–Trinajstić information content (AvgIpc) is 2.37. The minimum atomic E-state index is 0.663. The van der Waals surface area contributed by atoms with Gasteiger partial charge in [-0.2, -0.15) is 0 Å². The summed E-state index contributed by atoms with van der Waals surface area (Å²) in [6.07, 6.45) is 3.30. The second kappa shape index (κ2) is 3.02. The summed E-state index contributed by atoms with van der Waals surface area (Å²) in [7, 11) is 0. The molecule has 0 spiro atoms. The van der Waals surface area contributed by atoms with Crippen molar-refractivity contribution in [1.29, 1.82) is 0 Å². The third-order valence-corrected chi connectivity index (χ3v) is 2.14. The van der Waals surface area contributed by atoms with Crippen molar-refractivity contribution in [3.8, 4) is 0 Å². The molecule has 0 amide bonds. The van der Waals surface area contributed by atoms with Crippen LogP contribution in [0.25, 0.3) is 0 Å². The van der Waals surface area contributed by atoms with E-state index in [9.17, 15) is 0 Å². The first kappa shape index (κ1) is 6.81. The van der Waals surface area contributed by atoms with Crippen LogP contribution in [0.1, 0.15) is 13.3 Å². The van der Waals surface area contributed by atoms with Crippen molar-refractivity contribution in [2.45, 2.75) is 13.3 Å². The highest BCUT2D eigenvalue weighted by molar-refractivity contribution is 4.85. The SMILES string of the molecule is C=CC(C)C1CC[N]C1. The fourth-order valence-corrected chi connectivity index (χ4v) is 1.23. The van der Waals surface area contributed by atoms with Gasteiger partial charge in [0.15, 0.2) is 0 Å². The smallest absolute Gasteiger partial charge is 0.0167 e. The predicted molar refractivity (Wildman–Crippen MR) is 39.3 cm³/mol. The minimum absolute atomic E-state index is 0.663. The molecule has 51 valence electrons. The second-order valence-electron chi connectivity index (χ2n) is 2.77. The lowest BCUT2D eigenvalue weighted by Crippen LogP contribution is -2.10. The molecule has 1 rings (SSSR count). The Balaban J connectivity index is 2.32. The molecule has 0 saturated carbocycles. The van der Waals surface area contributed by atoms with E-state index in [0.717, 1.165) is 19.0 Å². The molecule has 1 heteroatoms. The molecule has 0 aliphatic carbocycles. The van der Waals surface area contributed by atoms with Gasteiger partial charge in [0.05, 0.1) is 0 Å². The van der Waals surface area contributed by atoms with Gasteiger partial charge in [-0.1, -0.05) is 13.0 Å². The Labute approximate surface area is 57.1 Å². The van der Waals surface area contributed by atoms with Gasteiger partial charge in [-0.05, 0) is 18.3 Å². The second-order valence-corrected chi connectivity index (χ2v) is 2.77. The van der Waals surface area contributed by atoms with Crippen LogP contribution in [0.5, 0.6) is 0 Å². The molecule has 1 aliphatic rings. The molecular formula is C8H14N. The van der Waals surface area contributed by atoms with E-state index in [-0.39, 0.29) is 0 Å². The zero-order chi connectivity index (χ0) is 6.69. The van der Waals surface area contributed by atoms with Crippen molar-refractivity contribution in [3.05, 3.63) is 12.7 Å². The first-order valence-corrected chi connectivity index (χ1v) is 3.60. The summed E-state index contributed by atoms with van der Waals surface area (Å²) < 4.78 is 0. The lowest BCUT2D eigenvalue weighted by molar-refractivity contribution is 0.459. The Morgan fingerprint density at radius 2 is 2.56 bits per heavy atom. The van der Waals surface area contributed by atoms with Crippen molar-refractivity contribution in [3.63, 3.8) is 0 Å². The van der Waals surface area contributed by atoms with Crippen LogP contribution in [-0.2, 0) is 0 Å². The molecule has 0 aromatic rings. The van der Waals surface area contributed by atoms with Gasteiger partial charge >= 0.3 is 0 Å². The Kier molecular flexibility index (Phi) is 2.29. The quantitative estimate of drug-likeness (QED) is 0.494. The molecule has 0 N–H and O–H groups in total. The first-order valence-electron chi connectivity index (χ1n) is 3.60. The molecule has 1 radical (unpaired) electrons. The van der Waals surface area contributed by atoms with E-state index >= 15 is 0 Å². The maximum Gasteiger partial charge on any atom is 0.0167 e. The molecule has 9 heavy (non-hydrogen) atoms. The van der Waals surface area contributed by atoms with Crippen molar-refractivity contribution < 1.29 is 0 Å². The van der Waals surface area contributed by atoms with Crippen LogP contribution in [0, 0.1) is 11.8 Å². The van der Waals surface area contributed by atoms with Crippen LogP contribution in [0.2, 0.25) is 0 Å². The molecule has 0 aromatic carbocycles. The highest BCUT2D eigenvalue weighted by Crippen LogP contribution is 2.19. The predicted octanol–water partition coefficient (Wildman–Crippen LogP) is 1.43. The highest BCUT2D eigenvalue weighted by atomic mass is 14.9. The summed E-state index contributed by atoms with van der Waals surface area (Å²) in [5.74, 6) is 1.46. The fourth-order valence-electron chi connectivity index (χ4n) is 1.23. The van der Waals surface area contributed by atoms with Gasteiger partial charge in [0.2, 0.25) is 0 Å². The lowest BCUT2D eigenvalue weighted by atomic mass is 9.94. The summed E-state index contributed by atoms with van der Waals surface area (Å²) >= 11 is 0. The molecule has 1 aliphatic heterocycles. The van der Waals surface area contributed by atoms with E-state index in [4.69, 9.17) is 0 Å². The van der Waals surface area contributed by atoms with Gasteiger partial charge in [0.1, 0.15) is 0 Å². The van der Waals surface area contributed by atoms with Gasteiger partial charge in [-0.25, -0.2) is 5.32 Å². The molecule has 1 saturated heterocycles. The molecule has 1 nitrogen and oxygen atoms in total. The van der Waals surface area contributed by atoms with Crippen LogP contribution in [0.15, 0.2) is 12.7 Å². The zero-order valence-corrected chi connectivity index (χ0v) is 6.01. The monoisotopic (exact) mass is 124 g/mol. The summed E-state index contributed by atoms with van der Waals surface area (Å²) in [5.41, 5.74) is 0. The Hall–Kier alpha value is -0.300.